The van der Waals surface area contributed by atoms with Gasteiger partial charge in [0.25, 0.3) is 0 Å². The third-order valence-electron chi connectivity index (χ3n) is 4.02. The summed E-state index contributed by atoms with van der Waals surface area (Å²) in [6.07, 6.45) is 0. The molecule has 0 N–H and O–H groups in total. The van der Waals surface area contributed by atoms with E-state index in [4.69, 9.17) is 13.9 Å². The van der Waals surface area contributed by atoms with Crippen LogP contribution in [0.4, 0.5) is 5.88 Å². The van der Waals surface area contributed by atoms with Gasteiger partial charge in [0.2, 0.25) is 5.76 Å². The normalized spacial score (nSPS) is 10.6. The van der Waals surface area contributed by atoms with Crippen molar-refractivity contribution in [3.8, 4) is 0 Å². The lowest BCUT2D eigenvalue weighted by atomic mass is 10.0. The minimum atomic E-state index is -0.907. The van der Waals surface area contributed by atoms with E-state index in [1.165, 1.54) is 0 Å². The van der Waals surface area contributed by atoms with Crippen LogP contribution in [0, 0.1) is 17.0 Å². The molecule has 9 nitrogen and oxygen atoms in total. The number of aryl methyl sites for hydroxylation is 1. The van der Waals surface area contributed by atoms with Gasteiger partial charge in [0.05, 0.1) is 29.4 Å². The number of para-hydroxylation sites is 1. The topological polar surface area (TPSA) is 122 Å². The number of pyridine rings is 1. The second-order valence-corrected chi connectivity index (χ2v) is 5.77. The molecule has 0 fully saturated rings. The molecular formula is C19H16N2O7. The van der Waals surface area contributed by atoms with Gasteiger partial charge in [-0.05, 0) is 31.5 Å². The highest BCUT2D eigenvalue weighted by Crippen LogP contribution is 2.25. The van der Waals surface area contributed by atoms with E-state index in [0.717, 1.165) is 17.5 Å². The molecule has 0 aliphatic carbocycles. The Morgan fingerprint density at radius 3 is 2.57 bits per heavy atom. The number of nitrogens with zero attached hydrogens (tertiary/aromatic N) is 2. The molecule has 28 heavy (non-hydrogen) atoms. The molecule has 0 amide bonds. The highest BCUT2D eigenvalue weighted by molar-refractivity contribution is 5.98. The first-order valence-electron chi connectivity index (χ1n) is 8.39. The molecule has 0 unspecified atom stereocenters. The van der Waals surface area contributed by atoms with E-state index in [-0.39, 0.29) is 30.2 Å². The molecule has 0 atom stereocenters. The predicted octanol–water partition coefficient (Wildman–Crippen LogP) is 3.58. The maximum atomic E-state index is 12.4. The molecular weight excluding hydrogens is 368 g/mol. The van der Waals surface area contributed by atoms with E-state index in [9.17, 15) is 19.7 Å². The minimum absolute atomic E-state index is 0.181. The molecule has 9 heteroatoms. The number of carbonyl (C=O) groups is 2. The van der Waals surface area contributed by atoms with Crippen LogP contribution in [-0.2, 0) is 16.1 Å². The zero-order valence-corrected chi connectivity index (χ0v) is 15.1. The summed E-state index contributed by atoms with van der Waals surface area (Å²) in [5.41, 5.74) is 1.74. The lowest BCUT2D eigenvalue weighted by molar-refractivity contribution is -0.402. The first-order chi connectivity index (χ1) is 13.4. The van der Waals surface area contributed by atoms with Gasteiger partial charge in [-0.2, -0.15) is 0 Å². The Kier molecular flexibility index (Phi) is 5.35. The number of nitro groups is 1. The first kappa shape index (κ1) is 19.0. The molecule has 0 aliphatic rings. The van der Waals surface area contributed by atoms with E-state index in [0.29, 0.717) is 11.1 Å². The fourth-order valence-electron chi connectivity index (χ4n) is 2.76. The van der Waals surface area contributed by atoms with Gasteiger partial charge in [-0.25, -0.2) is 14.6 Å². The third kappa shape index (κ3) is 3.68. The van der Waals surface area contributed by atoms with Gasteiger partial charge in [0.1, 0.15) is 11.5 Å². The van der Waals surface area contributed by atoms with Crippen LogP contribution in [0.25, 0.3) is 10.9 Å². The summed E-state index contributed by atoms with van der Waals surface area (Å²) < 4.78 is 15.1. The molecule has 3 rings (SSSR count). The second kappa shape index (κ2) is 7.87. The number of hydrogen-bond acceptors (Lipinski definition) is 8. The van der Waals surface area contributed by atoms with Crippen molar-refractivity contribution in [2.24, 2.45) is 0 Å². The number of esters is 2. The lowest BCUT2D eigenvalue weighted by Crippen LogP contribution is -2.15. The number of ether oxygens (including phenoxy) is 2. The zero-order valence-electron chi connectivity index (χ0n) is 15.1. The quantitative estimate of drug-likeness (QED) is 0.359. The van der Waals surface area contributed by atoms with E-state index in [1.807, 2.05) is 12.1 Å². The Balaban J connectivity index is 1.92. The summed E-state index contributed by atoms with van der Waals surface area (Å²) in [5, 5.41) is 11.4. The maximum absolute atomic E-state index is 12.4. The molecule has 0 radical (unpaired) electrons. The Morgan fingerprint density at radius 2 is 1.89 bits per heavy atom. The standard InChI is InChI=1S/C19H16N2O7/c1-3-26-19(23)17-11(2)12-6-4-5-7-13(12)20-14(17)10-27-18(22)15-8-9-16(28-15)21(24)25/h4-9H,3,10H2,1-2H3. The van der Waals surface area contributed by atoms with Crippen molar-refractivity contribution in [2.75, 3.05) is 6.61 Å². The fourth-order valence-corrected chi connectivity index (χ4v) is 2.76. The van der Waals surface area contributed by atoms with Crippen LogP contribution in [0.3, 0.4) is 0 Å². The Labute approximate surface area is 159 Å². The second-order valence-electron chi connectivity index (χ2n) is 5.77. The third-order valence-corrected chi connectivity index (χ3v) is 4.02. The highest BCUT2D eigenvalue weighted by atomic mass is 16.7. The summed E-state index contributed by atoms with van der Waals surface area (Å²) in [5.74, 6) is -2.37. The zero-order chi connectivity index (χ0) is 20.3. The number of benzene rings is 1. The van der Waals surface area contributed by atoms with Crippen molar-refractivity contribution in [1.29, 1.82) is 0 Å². The van der Waals surface area contributed by atoms with Crippen molar-refractivity contribution in [3.63, 3.8) is 0 Å². The summed E-state index contributed by atoms with van der Waals surface area (Å²) in [7, 11) is 0. The molecule has 0 spiro atoms. The van der Waals surface area contributed by atoms with E-state index in [2.05, 4.69) is 4.98 Å². The van der Waals surface area contributed by atoms with Gasteiger partial charge in [0.15, 0.2) is 0 Å². The van der Waals surface area contributed by atoms with E-state index < -0.39 is 22.7 Å². The number of carbonyl (C=O) groups excluding carboxylic acids is 2. The fraction of sp³-hybridized carbons (Fsp3) is 0.211. The molecule has 3 aromatic rings. The van der Waals surface area contributed by atoms with Crippen LogP contribution < -0.4 is 0 Å². The van der Waals surface area contributed by atoms with Gasteiger partial charge in [-0.3, -0.25) is 10.1 Å². The lowest BCUT2D eigenvalue weighted by Gasteiger charge is -2.13. The molecule has 0 saturated carbocycles. The Morgan fingerprint density at radius 1 is 1.14 bits per heavy atom. The predicted molar refractivity (Wildman–Crippen MR) is 96.9 cm³/mol. The molecule has 2 aromatic heterocycles. The number of aromatic nitrogens is 1. The average Bonchev–Trinajstić information content (AvgIpc) is 3.17. The van der Waals surface area contributed by atoms with Gasteiger partial charge >= 0.3 is 17.8 Å². The molecule has 2 heterocycles. The van der Waals surface area contributed by atoms with Crippen LogP contribution in [0.15, 0.2) is 40.8 Å². The highest BCUT2D eigenvalue weighted by Gasteiger charge is 2.23. The minimum Gasteiger partial charge on any atom is -0.462 e. The van der Waals surface area contributed by atoms with E-state index >= 15 is 0 Å². The SMILES string of the molecule is CCOC(=O)c1c(COC(=O)c2ccc([N+](=O)[O-])o2)nc2ccccc2c1C. The molecule has 0 bridgehead atoms. The smallest absolute Gasteiger partial charge is 0.433 e. The van der Waals surface area contributed by atoms with Gasteiger partial charge in [-0.1, -0.05) is 18.2 Å². The number of hydrogen-bond donors (Lipinski definition) is 0. The summed E-state index contributed by atoms with van der Waals surface area (Å²) >= 11 is 0. The largest absolute Gasteiger partial charge is 0.462 e. The van der Waals surface area contributed by atoms with Gasteiger partial charge < -0.3 is 13.9 Å². The summed E-state index contributed by atoms with van der Waals surface area (Å²) in [6, 6.07) is 9.44. The molecule has 0 aliphatic heterocycles. The average molecular weight is 384 g/mol. The van der Waals surface area contributed by atoms with Crippen molar-refractivity contribution in [1.82, 2.24) is 4.98 Å². The number of rotatable bonds is 6. The Bertz CT molecular complexity index is 1070. The Hall–Kier alpha value is -3.75. The molecule has 144 valence electrons. The summed E-state index contributed by atoms with van der Waals surface area (Å²) in [4.78, 5) is 38.9. The van der Waals surface area contributed by atoms with Crippen molar-refractivity contribution >= 4 is 28.7 Å². The summed E-state index contributed by atoms with van der Waals surface area (Å²) in [6.45, 7) is 3.30. The van der Waals surface area contributed by atoms with Crippen LogP contribution >= 0.6 is 0 Å². The number of fused-ring (bicyclic) bond motifs is 1. The van der Waals surface area contributed by atoms with E-state index in [1.54, 1.807) is 26.0 Å². The molecule has 1 aromatic carbocycles. The first-order valence-corrected chi connectivity index (χ1v) is 8.39. The van der Waals surface area contributed by atoms with Crippen LogP contribution in [0.1, 0.15) is 39.1 Å². The maximum Gasteiger partial charge on any atom is 0.433 e. The van der Waals surface area contributed by atoms with Crippen LogP contribution in [0.2, 0.25) is 0 Å². The molecule has 0 saturated heterocycles. The van der Waals surface area contributed by atoms with Crippen molar-refractivity contribution in [3.05, 3.63) is 69.1 Å². The van der Waals surface area contributed by atoms with Crippen LogP contribution in [0.5, 0.6) is 0 Å². The van der Waals surface area contributed by atoms with Gasteiger partial charge in [0, 0.05) is 5.39 Å². The van der Waals surface area contributed by atoms with Crippen LogP contribution in [-0.4, -0.2) is 28.5 Å². The van der Waals surface area contributed by atoms with Gasteiger partial charge in [-0.15, -0.1) is 0 Å². The van der Waals surface area contributed by atoms with Crippen molar-refractivity contribution in [2.45, 2.75) is 20.5 Å². The number of furan rings is 1. The van der Waals surface area contributed by atoms with Crippen molar-refractivity contribution < 1.29 is 28.4 Å². The monoisotopic (exact) mass is 384 g/mol.